The minimum atomic E-state index is -3.39. The average molecular weight is 375 g/mol. The first kappa shape index (κ1) is 21.3. The average Bonchev–Trinajstić information content (AvgIpc) is 2.89. The predicted octanol–water partition coefficient (Wildman–Crippen LogP) is 4.49. The minimum Gasteiger partial charge on any atom is -0.372 e. The van der Waals surface area contributed by atoms with Gasteiger partial charge >= 0.3 is 0 Å². The maximum Gasteiger partial charge on any atom is 0.190 e. The lowest BCUT2D eigenvalue weighted by molar-refractivity contribution is -0.133. The smallest absolute Gasteiger partial charge is 0.190 e. The summed E-state index contributed by atoms with van der Waals surface area (Å²) < 4.78 is 31.7. The van der Waals surface area contributed by atoms with Crippen molar-refractivity contribution in [3.8, 4) is 0 Å². The number of carbonyl (C=O) groups is 1. The van der Waals surface area contributed by atoms with Crippen molar-refractivity contribution in [2.75, 3.05) is 0 Å². The highest BCUT2D eigenvalue weighted by Crippen LogP contribution is 2.28. The molecular weight excluding hydrogens is 344 g/mol. The third-order valence-electron chi connectivity index (χ3n) is 3.67. The highest BCUT2D eigenvalue weighted by atomic mass is 32.2. The number of sulfone groups is 1. The Kier molecular flexibility index (Phi) is 6.81. The van der Waals surface area contributed by atoms with Crippen molar-refractivity contribution in [2.45, 2.75) is 82.5 Å². The first-order valence-corrected chi connectivity index (χ1v) is 10.6. The molecule has 1 heterocycles. The Morgan fingerprint density at radius 1 is 1.21 bits per heavy atom. The van der Waals surface area contributed by atoms with Gasteiger partial charge < -0.3 is 4.74 Å². The molecule has 4 nitrogen and oxygen atoms in total. The lowest BCUT2D eigenvalue weighted by atomic mass is 9.87. The molecular formula is C18H30O4S2. The molecule has 0 aromatic carbocycles. The van der Waals surface area contributed by atoms with Crippen LogP contribution in [0.15, 0.2) is 21.7 Å². The molecule has 0 spiro atoms. The topological polar surface area (TPSA) is 60.4 Å². The van der Waals surface area contributed by atoms with Crippen molar-refractivity contribution in [1.82, 2.24) is 0 Å². The zero-order valence-corrected chi connectivity index (χ0v) is 17.4. The Morgan fingerprint density at radius 3 is 2.21 bits per heavy atom. The van der Waals surface area contributed by atoms with Gasteiger partial charge in [0.2, 0.25) is 0 Å². The zero-order valence-electron chi connectivity index (χ0n) is 15.8. The number of Topliss-reactive ketones (excluding diaryl/α,β-unsaturated/α-hetero) is 1. The highest BCUT2D eigenvalue weighted by molar-refractivity contribution is 7.94. The molecule has 1 rings (SSSR count). The molecule has 6 heteroatoms. The Morgan fingerprint density at radius 2 is 1.79 bits per heavy atom. The van der Waals surface area contributed by atoms with Crippen LogP contribution in [0, 0.1) is 5.41 Å². The maximum absolute atomic E-state index is 12.6. The second-order valence-corrected chi connectivity index (χ2v) is 11.8. The second-order valence-electron chi connectivity index (χ2n) is 8.25. The van der Waals surface area contributed by atoms with Crippen molar-refractivity contribution in [1.29, 1.82) is 0 Å². The molecule has 1 aromatic heterocycles. The summed E-state index contributed by atoms with van der Waals surface area (Å²) in [7, 11) is -3.39. The van der Waals surface area contributed by atoms with Crippen LogP contribution >= 0.6 is 11.3 Å². The van der Waals surface area contributed by atoms with Gasteiger partial charge in [-0.05, 0) is 45.6 Å². The predicted molar refractivity (Wildman–Crippen MR) is 99.3 cm³/mol. The van der Waals surface area contributed by atoms with Gasteiger partial charge in [0.1, 0.15) is 9.99 Å². The maximum atomic E-state index is 12.6. The molecule has 0 radical (unpaired) electrons. The molecule has 0 aliphatic rings. The van der Waals surface area contributed by atoms with Crippen LogP contribution in [-0.4, -0.2) is 31.2 Å². The fourth-order valence-electron chi connectivity index (χ4n) is 2.31. The quantitative estimate of drug-likeness (QED) is 0.705. The summed E-state index contributed by atoms with van der Waals surface area (Å²) in [4.78, 5) is 12.4. The van der Waals surface area contributed by atoms with Gasteiger partial charge in [0.25, 0.3) is 0 Å². The van der Waals surface area contributed by atoms with Crippen molar-refractivity contribution in [3.63, 3.8) is 0 Å². The molecule has 0 bridgehead atoms. The molecule has 0 saturated carbocycles. The molecule has 0 fully saturated rings. The lowest BCUT2D eigenvalue weighted by Gasteiger charge is -2.30. The number of thiophene rings is 1. The number of hydrogen-bond acceptors (Lipinski definition) is 5. The number of rotatable bonds is 7. The van der Waals surface area contributed by atoms with Gasteiger partial charge in [0.15, 0.2) is 9.84 Å². The summed E-state index contributed by atoms with van der Waals surface area (Å²) in [5.74, 6) is 0.0810. The van der Waals surface area contributed by atoms with E-state index in [9.17, 15) is 13.2 Å². The van der Waals surface area contributed by atoms with Crippen molar-refractivity contribution in [3.05, 3.63) is 17.5 Å². The lowest BCUT2D eigenvalue weighted by Crippen LogP contribution is -2.35. The number of ether oxygens (including phenoxy) is 1. The van der Waals surface area contributed by atoms with E-state index in [1.807, 2.05) is 41.5 Å². The van der Waals surface area contributed by atoms with Crippen LogP contribution in [0.2, 0.25) is 0 Å². The third kappa shape index (κ3) is 6.30. The monoisotopic (exact) mass is 374 g/mol. The number of hydrogen-bond donors (Lipinski definition) is 0. The SMILES string of the molecule is CC(CC(CC(=O)C(C)(C)C)OC(C)(C)C)S(=O)(=O)c1cccs1. The molecule has 138 valence electrons. The van der Waals surface area contributed by atoms with Crippen molar-refractivity contribution in [2.24, 2.45) is 5.41 Å². The van der Waals surface area contributed by atoms with E-state index in [1.165, 1.54) is 11.3 Å². The van der Waals surface area contributed by atoms with Crippen LogP contribution in [0.3, 0.4) is 0 Å². The van der Waals surface area contributed by atoms with E-state index < -0.39 is 32.2 Å². The first-order valence-electron chi connectivity index (χ1n) is 8.22. The van der Waals surface area contributed by atoms with Crippen LogP contribution in [0.4, 0.5) is 0 Å². The summed E-state index contributed by atoms with van der Waals surface area (Å²) in [6.45, 7) is 13.1. The molecule has 0 aliphatic carbocycles. The van der Waals surface area contributed by atoms with E-state index in [4.69, 9.17) is 4.74 Å². The summed E-state index contributed by atoms with van der Waals surface area (Å²) in [5.41, 5.74) is -0.898. The van der Waals surface area contributed by atoms with Gasteiger partial charge in [0, 0.05) is 11.8 Å². The van der Waals surface area contributed by atoms with Crippen molar-refractivity contribution < 1.29 is 17.9 Å². The minimum absolute atomic E-state index is 0.0810. The Bertz CT molecular complexity index is 632. The van der Waals surface area contributed by atoms with Crippen molar-refractivity contribution >= 4 is 27.0 Å². The Balaban J connectivity index is 2.94. The number of carbonyl (C=O) groups excluding carboxylic acids is 1. The van der Waals surface area contributed by atoms with Crippen LogP contribution in [0.1, 0.15) is 61.3 Å². The van der Waals surface area contributed by atoms with Gasteiger partial charge in [-0.15, -0.1) is 11.3 Å². The largest absolute Gasteiger partial charge is 0.372 e. The van der Waals surface area contributed by atoms with E-state index in [0.717, 1.165) is 0 Å². The summed E-state index contributed by atoms with van der Waals surface area (Å²) in [6, 6.07) is 3.35. The normalized spacial score (nSPS) is 16.0. The van der Waals surface area contributed by atoms with E-state index in [2.05, 4.69) is 0 Å². The Hall–Kier alpha value is -0.720. The number of ketones is 1. The second kappa shape index (κ2) is 7.67. The van der Waals surface area contributed by atoms with E-state index >= 15 is 0 Å². The Labute approximate surface area is 150 Å². The van der Waals surface area contributed by atoms with Gasteiger partial charge in [-0.2, -0.15) is 0 Å². The molecule has 0 saturated heterocycles. The van der Waals surface area contributed by atoms with E-state index in [0.29, 0.717) is 10.6 Å². The highest BCUT2D eigenvalue weighted by Gasteiger charge is 2.32. The summed E-state index contributed by atoms with van der Waals surface area (Å²) in [5, 5.41) is 1.16. The molecule has 0 aliphatic heterocycles. The molecule has 0 amide bonds. The molecule has 2 unspecified atom stereocenters. The third-order valence-corrected chi connectivity index (χ3v) is 7.27. The summed E-state index contributed by atoms with van der Waals surface area (Å²) in [6.07, 6.45) is 0.117. The first-order chi connectivity index (χ1) is 10.7. The van der Waals surface area contributed by atoms with Gasteiger partial charge in [0.05, 0.1) is 17.0 Å². The zero-order chi connectivity index (χ0) is 18.8. The van der Waals surface area contributed by atoms with Crippen LogP contribution in [-0.2, 0) is 19.4 Å². The fraction of sp³-hybridized carbons (Fsp3) is 0.722. The molecule has 24 heavy (non-hydrogen) atoms. The molecule has 2 atom stereocenters. The van der Waals surface area contributed by atoms with Gasteiger partial charge in [-0.3, -0.25) is 4.79 Å². The fourth-order valence-corrected chi connectivity index (χ4v) is 5.08. The van der Waals surface area contributed by atoms with Crippen LogP contribution < -0.4 is 0 Å². The van der Waals surface area contributed by atoms with E-state index in [-0.39, 0.29) is 12.2 Å². The standard InChI is InChI=1S/C18H30O4S2/c1-13(24(20,21)16-9-8-10-23-16)11-14(22-18(5,6)7)12-15(19)17(2,3)4/h8-10,13-14H,11-12H2,1-7H3. The van der Waals surface area contributed by atoms with Gasteiger partial charge in [-0.25, -0.2) is 8.42 Å². The van der Waals surface area contributed by atoms with Crippen LogP contribution in [0.5, 0.6) is 0 Å². The molecule has 1 aromatic rings. The molecule has 0 N–H and O–H groups in total. The van der Waals surface area contributed by atoms with Gasteiger partial charge in [-0.1, -0.05) is 26.8 Å². The van der Waals surface area contributed by atoms with Crippen LogP contribution in [0.25, 0.3) is 0 Å². The summed E-state index contributed by atoms with van der Waals surface area (Å²) >= 11 is 1.22. The van der Waals surface area contributed by atoms with E-state index in [1.54, 1.807) is 24.4 Å².